The van der Waals surface area contributed by atoms with Crippen LogP contribution in [0.25, 0.3) is 0 Å². The average Bonchev–Trinajstić information content (AvgIpc) is 2.84. The first-order valence-electron chi connectivity index (χ1n) is 12.0. The van der Waals surface area contributed by atoms with Crippen molar-refractivity contribution in [3.8, 4) is 0 Å². The summed E-state index contributed by atoms with van der Waals surface area (Å²) in [5.74, 6) is -1.62. The summed E-state index contributed by atoms with van der Waals surface area (Å²) < 4.78 is 5.26. The van der Waals surface area contributed by atoms with Crippen LogP contribution in [-0.4, -0.2) is 35.2 Å². The van der Waals surface area contributed by atoms with Gasteiger partial charge < -0.3 is 20.5 Å². The molecule has 0 bridgehead atoms. The largest absolute Gasteiger partial charge is 0.480 e. The Hall–Kier alpha value is -3.35. The number of alkyl carbamates (subject to hydrolysis) is 1. The number of nitrogens with one attached hydrogen (secondary N) is 2. The zero-order valence-electron chi connectivity index (χ0n) is 19.9. The second-order valence-electron chi connectivity index (χ2n) is 8.40. The fraction of sp³-hybridized carbons (Fsp3) is 0.444. The molecule has 34 heavy (non-hydrogen) atoms. The van der Waals surface area contributed by atoms with Crippen molar-refractivity contribution < 1.29 is 24.2 Å². The second-order valence-corrected chi connectivity index (χ2v) is 8.40. The van der Waals surface area contributed by atoms with Crippen molar-refractivity contribution >= 4 is 18.0 Å². The van der Waals surface area contributed by atoms with E-state index < -0.39 is 30.1 Å². The summed E-state index contributed by atoms with van der Waals surface area (Å²) in [5.41, 5.74) is 1.67. The monoisotopic (exact) mass is 468 g/mol. The highest BCUT2D eigenvalue weighted by atomic mass is 16.5. The molecule has 2 rings (SSSR count). The summed E-state index contributed by atoms with van der Waals surface area (Å²) in [7, 11) is 0. The Labute approximate surface area is 201 Å². The highest BCUT2D eigenvalue weighted by molar-refractivity contribution is 5.89. The maximum Gasteiger partial charge on any atom is 0.408 e. The van der Waals surface area contributed by atoms with Gasteiger partial charge in [0.2, 0.25) is 5.91 Å². The molecule has 7 heteroatoms. The zero-order valence-corrected chi connectivity index (χ0v) is 19.9. The molecule has 0 saturated heterocycles. The van der Waals surface area contributed by atoms with Gasteiger partial charge in [-0.2, -0.15) is 0 Å². The lowest BCUT2D eigenvalue weighted by molar-refractivity contribution is -0.142. The number of aliphatic carboxylic acids is 1. The summed E-state index contributed by atoms with van der Waals surface area (Å²) in [5, 5.41) is 14.8. The van der Waals surface area contributed by atoms with Crippen LogP contribution in [-0.2, 0) is 27.4 Å². The lowest BCUT2D eigenvalue weighted by Gasteiger charge is -2.21. The molecule has 184 valence electrons. The lowest BCUT2D eigenvalue weighted by Crippen LogP contribution is -2.52. The molecule has 0 heterocycles. The molecule has 0 aromatic heterocycles. The average molecular weight is 469 g/mol. The Morgan fingerprint density at radius 2 is 1.38 bits per heavy atom. The van der Waals surface area contributed by atoms with Crippen molar-refractivity contribution in [3.63, 3.8) is 0 Å². The first-order valence-corrected chi connectivity index (χ1v) is 12.0. The van der Waals surface area contributed by atoms with Crippen molar-refractivity contribution in [1.29, 1.82) is 0 Å². The molecule has 0 unspecified atom stereocenters. The molecule has 3 N–H and O–H groups in total. The van der Waals surface area contributed by atoms with E-state index in [-0.39, 0.29) is 13.0 Å². The van der Waals surface area contributed by atoms with Gasteiger partial charge in [-0.1, -0.05) is 106 Å². The van der Waals surface area contributed by atoms with Gasteiger partial charge in [0.05, 0.1) is 0 Å². The number of ether oxygens (including phenoxy) is 1. The number of carboxylic acids is 1. The van der Waals surface area contributed by atoms with E-state index in [4.69, 9.17) is 4.74 Å². The van der Waals surface area contributed by atoms with E-state index in [0.717, 1.165) is 43.2 Å². The Morgan fingerprint density at radius 3 is 2.00 bits per heavy atom. The van der Waals surface area contributed by atoms with E-state index in [1.54, 1.807) is 0 Å². The minimum absolute atomic E-state index is 0.0716. The molecule has 0 aliphatic rings. The summed E-state index contributed by atoms with van der Waals surface area (Å²) in [6.45, 7) is 2.22. The van der Waals surface area contributed by atoms with Gasteiger partial charge in [-0.05, 0) is 17.5 Å². The maximum absolute atomic E-state index is 13.0. The number of amides is 2. The minimum Gasteiger partial charge on any atom is -0.480 e. The van der Waals surface area contributed by atoms with Crippen LogP contribution >= 0.6 is 0 Å². The van der Waals surface area contributed by atoms with E-state index in [0.29, 0.717) is 6.42 Å². The number of hydrogen-bond donors (Lipinski definition) is 3. The van der Waals surface area contributed by atoms with Crippen LogP contribution in [0.15, 0.2) is 60.7 Å². The van der Waals surface area contributed by atoms with Gasteiger partial charge in [0, 0.05) is 6.42 Å². The molecular weight excluding hydrogens is 432 g/mol. The van der Waals surface area contributed by atoms with Gasteiger partial charge in [0.1, 0.15) is 18.7 Å². The number of carbonyl (C=O) groups excluding carboxylic acids is 2. The van der Waals surface area contributed by atoms with E-state index in [1.165, 1.54) is 6.42 Å². The highest BCUT2D eigenvalue weighted by Gasteiger charge is 2.27. The fourth-order valence-corrected chi connectivity index (χ4v) is 3.62. The molecule has 0 saturated carbocycles. The fourth-order valence-electron chi connectivity index (χ4n) is 3.62. The molecule has 2 amide bonds. The number of hydrogen-bond acceptors (Lipinski definition) is 4. The van der Waals surface area contributed by atoms with Crippen molar-refractivity contribution in [3.05, 3.63) is 71.8 Å². The third-order valence-electron chi connectivity index (χ3n) is 5.56. The Balaban J connectivity index is 1.96. The van der Waals surface area contributed by atoms with Gasteiger partial charge in [0.15, 0.2) is 0 Å². The third-order valence-corrected chi connectivity index (χ3v) is 5.56. The summed E-state index contributed by atoms with van der Waals surface area (Å²) in [6, 6.07) is 16.5. The summed E-state index contributed by atoms with van der Waals surface area (Å²) >= 11 is 0. The molecule has 0 spiro atoms. The Morgan fingerprint density at radius 1 is 0.794 bits per heavy atom. The number of benzene rings is 2. The van der Waals surface area contributed by atoms with Gasteiger partial charge >= 0.3 is 12.1 Å². The number of unbranched alkanes of at least 4 members (excludes halogenated alkanes) is 5. The number of carbonyl (C=O) groups is 3. The normalized spacial score (nSPS) is 12.4. The van der Waals surface area contributed by atoms with Crippen LogP contribution in [0.1, 0.15) is 63.0 Å². The minimum atomic E-state index is -1.08. The Kier molecular flexibility index (Phi) is 12.2. The first-order chi connectivity index (χ1) is 16.5. The van der Waals surface area contributed by atoms with Crippen molar-refractivity contribution in [1.82, 2.24) is 10.6 Å². The number of carboxylic acid groups (broad SMARTS) is 1. The Bertz CT molecular complexity index is 873. The predicted octanol–water partition coefficient (Wildman–Crippen LogP) is 4.84. The highest BCUT2D eigenvalue weighted by Crippen LogP contribution is 2.10. The summed E-state index contributed by atoms with van der Waals surface area (Å²) in [6.07, 6.45) is 5.99. The van der Waals surface area contributed by atoms with E-state index in [2.05, 4.69) is 17.6 Å². The molecule has 0 aliphatic heterocycles. The van der Waals surface area contributed by atoms with Crippen LogP contribution in [0, 0.1) is 0 Å². The zero-order chi connectivity index (χ0) is 24.6. The summed E-state index contributed by atoms with van der Waals surface area (Å²) in [4.78, 5) is 37.1. The molecule has 2 atom stereocenters. The second kappa shape index (κ2) is 15.5. The van der Waals surface area contributed by atoms with Crippen LogP contribution in [0.3, 0.4) is 0 Å². The van der Waals surface area contributed by atoms with Gasteiger partial charge in [-0.25, -0.2) is 9.59 Å². The van der Waals surface area contributed by atoms with Crippen LogP contribution in [0.4, 0.5) is 4.79 Å². The standard InChI is InChI=1S/C27H36N2O5/c1-2-3-4-5-6-13-18-23(26(31)32)28-25(30)24(19-21-14-9-7-10-15-21)29-27(33)34-20-22-16-11-8-12-17-22/h7-12,14-17,23-24H,2-6,13,18-20H2,1H3,(H,28,30)(H,29,33)(H,31,32)/t23-,24-/m0/s1. The van der Waals surface area contributed by atoms with E-state index >= 15 is 0 Å². The molecule has 0 fully saturated rings. The van der Waals surface area contributed by atoms with Crippen molar-refractivity contribution in [2.45, 2.75) is 77.0 Å². The predicted molar refractivity (Wildman–Crippen MR) is 131 cm³/mol. The molecule has 2 aromatic rings. The molecule has 0 radical (unpaired) electrons. The molecule has 0 aliphatic carbocycles. The van der Waals surface area contributed by atoms with Gasteiger partial charge in [-0.3, -0.25) is 4.79 Å². The van der Waals surface area contributed by atoms with Crippen molar-refractivity contribution in [2.75, 3.05) is 0 Å². The SMILES string of the molecule is CCCCCCCC[C@H](NC(=O)[C@H](Cc1ccccc1)NC(=O)OCc1ccccc1)C(=O)O. The van der Waals surface area contributed by atoms with E-state index in [1.807, 2.05) is 60.7 Å². The topological polar surface area (TPSA) is 105 Å². The smallest absolute Gasteiger partial charge is 0.408 e. The van der Waals surface area contributed by atoms with Crippen molar-refractivity contribution in [2.24, 2.45) is 0 Å². The first kappa shape index (κ1) is 26.9. The molecule has 2 aromatic carbocycles. The van der Waals surface area contributed by atoms with Gasteiger partial charge in [-0.15, -0.1) is 0 Å². The lowest BCUT2D eigenvalue weighted by atomic mass is 10.0. The van der Waals surface area contributed by atoms with Crippen LogP contribution in [0.5, 0.6) is 0 Å². The van der Waals surface area contributed by atoms with Crippen LogP contribution < -0.4 is 10.6 Å². The van der Waals surface area contributed by atoms with Gasteiger partial charge in [0.25, 0.3) is 0 Å². The van der Waals surface area contributed by atoms with E-state index in [9.17, 15) is 19.5 Å². The molecule has 7 nitrogen and oxygen atoms in total. The van der Waals surface area contributed by atoms with Crippen LogP contribution in [0.2, 0.25) is 0 Å². The quantitative estimate of drug-likeness (QED) is 0.324. The maximum atomic E-state index is 13.0. The molecular formula is C27H36N2O5. The third kappa shape index (κ3) is 10.5. The number of rotatable bonds is 15.